The number of hydrogen-bond donors (Lipinski definition) is 3. The van der Waals surface area contributed by atoms with E-state index in [4.69, 9.17) is 5.11 Å². The Kier molecular flexibility index (Phi) is 3.87. The lowest BCUT2D eigenvalue weighted by molar-refractivity contribution is -0.146. The van der Waals surface area contributed by atoms with Gasteiger partial charge in [0.25, 0.3) is 0 Å². The molecule has 3 N–H and O–H groups in total. The molecule has 4 atom stereocenters. The summed E-state index contributed by atoms with van der Waals surface area (Å²) in [5.74, 6) is -1.14. The highest BCUT2D eigenvalue weighted by atomic mass is 16.4. The number of aliphatic carboxylic acids is 1. The molecule has 1 aromatic heterocycles. The Balaban J connectivity index is 2.01. The maximum atomic E-state index is 12.2. The summed E-state index contributed by atoms with van der Waals surface area (Å²) in [5, 5.41) is 12.0. The molecule has 6 heteroatoms. The largest absolute Gasteiger partial charge is 0.481 e. The molecule has 6 nitrogen and oxygen atoms in total. The predicted octanol–water partition coefficient (Wildman–Crippen LogP) is 1.33. The second kappa shape index (κ2) is 5.42. The summed E-state index contributed by atoms with van der Waals surface area (Å²) in [4.78, 5) is 30.4. The number of carbonyl (C=O) groups is 2. The molecule has 4 unspecified atom stereocenters. The molecule has 2 rings (SSSR count). The number of nitrogens with zero attached hydrogens (tertiary/aromatic N) is 1. The van der Waals surface area contributed by atoms with Gasteiger partial charge in [-0.3, -0.25) is 9.59 Å². The van der Waals surface area contributed by atoms with Crippen LogP contribution in [0.3, 0.4) is 0 Å². The number of hydrogen-bond acceptors (Lipinski definition) is 3. The second-order valence-electron chi connectivity index (χ2n) is 5.33. The minimum Gasteiger partial charge on any atom is -0.481 e. The molecular formula is C13H19N3O3. The third-order valence-electron chi connectivity index (χ3n) is 3.74. The number of carboxylic acids is 1. The smallest absolute Gasteiger partial charge is 0.307 e. The van der Waals surface area contributed by atoms with E-state index in [9.17, 15) is 9.59 Å². The standard InChI is InChI=1S/C13H19N3O3/c1-7-5-9(10(6-7)13(18)19)12(17)16-8(2)11-14-3-4-15-11/h3-4,7-10H,5-6H2,1-2H3,(H,14,15)(H,16,17)(H,18,19). The average Bonchev–Trinajstić information content (AvgIpc) is 2.96. The van der Waals surface area contributed by atoms with Gasteiger partial charge in [-0.15, -0.1) is 0 Å². The van der Waals surface area contributed by atoms with Crippen LogP contribution < -0.4 is 5.32 Å². The number of carbonyl (C=O) groups excluding carboxylic acids is 1. The summed E-state index contributed by atoms with van der Waals surface area (Å²) < 4.78 is 0. The predicted molar refractivity (Wildman–Crippen MR) is 68.2 cm³/mol. The normalized spacial score (nSPS) is 28.0. The van der Waals surface area contributed by atoms with Gasteiger partial charge in [0.15, 0.2) is 0 Å². The molecule has 1 saturated carbocycles. The van der Waals surface area contributed by atoms with Crippen LogP contribution in [0.15, 0.2) is 12.4 Å². The van der Waals surface area contributed by atoms with Gasteiger partial charge in [0.05, 0.1) is 17.9 Å². The van der Waals surface area contributed by atoms with Gasteiger partial charge in [0.2, 0.25) is 5.91 Å². The molecule has 0 bridgehead atoms. The molecule has 1 aliphatic carbocycles. The third kappa shape index (κ3) is 2.94. The molecule has 1 fully saturated rings. The van der Waals surface area contributed by atoms with Crippen molar-refractivity contribution < 1.29 is 14.7 Å². The molecule has 0 saturated heterocycles. The fourth-order valence-corrected chi connectivity index (χ4v) is 2.76. The highest BCUT2D eigenvalue weighted by molar-refractivity contribution is 5.85. The number of nitrogens with one attached hydrogen (secondary N) is 2. The van der Waals surface area contributed by atoms with Crippen LogP contribution in [-0.2, 0) is 9.59 Å². The van der Waals surface area contributed by atoms with Crippen molar-refractivity contribution in [2.45, 2.75) is 32.7 Å². The Hall–Kier alpha value is -1.85. The van der Waals surface area contributed by atoms with E-state index >= 15 is 0 Å². The number of imidazole rings is 1. The first kappa shape index (κ1) is 13.6. The first-order valence-electron chi connectivity index (χ1n) is 6.51. The summed E-state index contributed by atoms with van der Waals surface area (Å²) in [6, 6.07) is -0.243. The zero-order chi connectivity index (χ0) is 14.0. The van der Waals surface area contributed by atoms with Crippen molar-refractivity contribution in [3.05, 3.63) is 18.2 Å². The average molecular weight is 265 g/mol. The number of amides is 1. The van der Waals surface area contributed by atoms with E-state index in [1.54, 1.807) is 12.4 Å². The van der Waals surface area contributed by atoms with Crippen molar-refractivity contribution >= 4 is 11.9 Å². The number of aromatic nitrogens is 2. The molecule has 1 aliphatic rings. The van der Waals surface area contributed by atoms with E-state index in [-0.39, 0.29) is 17.9 Å². The molecule has 1 heterocycles. The highest BCUT2D eigenvalue weighted by Gasteiger charge is 2.41. The molecule has 0 aliphatic heterocycles. The van der Waals surface area contributed by atoms with Gasteiger partial charge in [-0.1, -0.05) is 6.92 Å². The Morgan fingerprint density at radius 3 is 2.74 bits per heavy atom. The lowest BCUT2D eigenvalue weighted by Gasteiger charge is -2.18. The van der Waals surface area contributed by atoms with Gasteiger partial charge in [-0.25, -0.2) is 4.98 Å². The number of aromatic amines is 1. The van der Waals surface area contributed by atoms with E-state index in [0.29, 0.717) is 18.7 Å². The minimum absolute atomic E-state index is 0.194. The molecule has 0 radical (unpaired) electrons. The van der Waals surface area contributed by atoms with Crippen LogP contribution in [0.1, 0.15) is 38.6 Å². The van der Waals surface area contributed by atoms with Gasteiger partial charge < -0.3 is 15.4 Å². The van der Waals surface area contributed by atoms with Crippen molar-refractivity contribution in [1.82, 2.24) is 15.3 Å². The van der Waals surface area contributed by atoms with Crippen molar-refractivity contribution in [1.29, 1.82) is 0 Å². The summed E-state index contributed by atoms with van der Waals surface area (Å²) in [6.07, 6.45) is 4.52. The van der Waals surface area contributed by atoms with Crippen LogP contribution in [0.2, 0.25) is 0 Å². The van der Waals surface area contributed by atoms with Crippen molar-refractivity contribution in [2.24, 2.45) is 17.8 Å². The summed E-state index contributed by atoms with van der Waals surface area (Å²) >= 11 is 0. The summed E-state index contributed by atoms with van der Waals surface area (Å²) in [7, 11) is 0. The number of rotatable bonds is 4. The van der Waals surface area contributed by atoms with Gasteiger partial charge in [0.1, 0.15) is 5.82 Å². The third-order valence-corrected chi connectivity index (χ3v) is 3.74. The van der Waals surface area contributed by atoms with Crippen LogP contribution in [0.4, 0.5) is 0 Å². The zero-order valence-corrected chi connectivity index (χ0v) is 11.1. The molecule has 1 amide bonds. The molecule has 0 spiro atoms. The van der Waals surface area contributed by atoms with Crippen LogP contribution in [0, 0.1) is 17.8 Å². The molecular weight excluding hydrogens is 246 g/mol. The quantitative estimate of drug-likeness (QED) is 0.765. The zero-order valence-electron chi connectivity index (χ0n) is 11.1. The topological polar surface area (TPSA) is 95.1 Å². The monoisotopic (exact) mass is 265 g/mol. The van der Waals surface area contributed by atoms with E-state index in [1.165, 1.54) is 0 Å². The first-order chi connectivity index (χ1) is 8.99. The van der Waals surface area contributed by atoms with Gasteiger partial charge in [0, 0.05) is 12.4 Å². The van der Waals surface area contributed by atoms with E-state index in [2.05, 4.69) is 15.3 Å². The van der Waals surface area contributed by atoms with Crippen molar-refractivity contribution in [2.75, 3.05) is 0 Å². The van der Waals surface area contributed by atoms with Crippen LogP contribution in [0.25, 0.3) is 0 Å². The van der Waals surface area contributed by atoms with Crippen LogP contribution in [-0.4, -0.2) is 27.0 Å². The van der Waals surface area contributed by atoms with Crippen molar-refractivity contribution in [3.8, 4) is 0 Å². The maximum absolute atomic E-state index is 12.2. The lowest BCUT2D eigenvalue weighted by Crippen LogP contribution is -2.37. The van der Waals surface area contributed by atoms with E-state index in [1.807, 2.05) is 13.8 Å². The molecule has 0 aromatic carbocycles. The fraction of sp³-hybridized carbons (Fsp3) is 0.615. The SMILES string of the molecule is CC1CC(C(=O)O)C(C(=O)NC(C)c2ncc[nH]2)C1. The maximum Gasteiger partial charge on any atom is 0.307 e. The molecule has 104 valence electrons. The summed E-state index contributed by atoms with van der Waals surface area (Å²) in [6.45, 7) is 3.81. The fourth-order valence-electron chi connectivity index (χ4n) is 2.76. The van der Waals surface area contributed by atoms with Crippen LogP contribution >= 0.6 is 0 Å². The Bertz CT molecular complexity index is 458. The van der Waals surface area contributed by atoms with Crippen LogP contribution in [0.5, 0.6) is 0 Å². The highest BCUT2D eigenvalue weighted by Crippen LogP contribution is 2.36. The number of H-pyrrole nitrogens is 1. The number of carboxylic acid groups (broad SMARTS) is 1. The summed E-state index contributed by atoms with van der Waals surface area (Å²) in [5.41, 5.74) is 0. The Morgan fingerprint density at radius 1 is 1.47 bits per heavy atom. The Morgan fingerprint density at radius 2 is 2.16 bits per heavy atom. The van der Waals surface area contributed by atoms with E-state index < -0.39 is 17.8 Å². The second-order valence-corrected chi connectivity index (χ2v) is 5.33. The van der Waals surface area contributed by atoms with E-state index in [0.717, 1.165) is 0 Å². The Labute approximate surface area is 111 Å². The van der Waals surface area contributed by atoms with Crippen molar-refractivity contribution in [3.63, 3.8) is 0 Å². The minimum atomic E-state index is -0.879. The van der Waals surface area contributed by atoms with Gasteiger partial charge in [-0.05, 0) is 25.7 Å². The van der Waals surface area contributed by atoms with Gasteiger partial charge in [-0.2, -0.15) is 0 Å². The van der Waals surface area contributed by atoms with Gasteiger partial charge >= 0.3 is 5.97 Å². The molecule has 1 aromatic rings. The lowest BCUT2D eigenvalue weighted by atomic mass is 9.95. The molecule has 19 heavy (non-hydrogen) atoms. The first-order valence-corrected chi connectivity index (χ1v) is 6.51.